The summed E-state index contributed by atoms with van der Waals surface area (Å²) in [6, 6.07) is 1.93. The maximum absolute atomic E-state index is 10.5. The number of pyridine rings is 1. The number of aryl methyl sites for hydroxylation is 1. The third-order valence-electron chi connectivity index (χ3n) is 1.87. The second-order valence-corrected chi connectivity index (χ2v) is 3.17. The molecule has 0 aromatic carbocycles. The van der Waals surface area contributed by atoms with E-state index in [9.17, 15) is 4.79 Å². The molecule has 0 unspecified atom stereocenters. The molecule has 0 saturated carbocycles. The molecular weight excluding hydrogens is 192 g/mol. The van der Waals surface area contributed by atoms with Crippen molar-refractivity contribution in [2.75, 3.05) is 7.11 Å². The van der Waals surface area contributed by atoms with Crippen LogP contribution >= 0.6 is 0 Å². The van der Waals surface area contributed by atoms with Crippen LogP contribution in [0.1, 0.15) is 17.5 Å². The van der Waals surface area contributed by atoms with Crippen molar-refractivity contribution in [2.24, 2.45) is 5.73 Å². The maximum Gasteiger partial charge on any atom is 0.221 e. The molecule has 2 N–H and O–H groups in total. The van der Waals surface area contributed by atoms with Gasteiger partial charge in [-0.25, -0.2) is 4.98 Å². The minimum absolute atomic E-state index is 0.241. The molecule has 0 atom stereocenters. The molecule has 0 radical (unpaired) electrons. The first kappa shape index (κ1) is 11.2. The van der Waals surface area contributed by atoms with Gasteiger partial charge in [-0.3, -0.25) is 4.79 Å². The molecule has 1 rings (SSSR count). The van der Waals surface area contributed by atoms with E-state index < -0.39 is 0 Å². The van der Waals surface area contributed by atoms with E-state index in [0.717, 1.165) is 11.1 Å². The van der Waals surface area contributed by atoms with Gasteiger partial charge in [0.1, 0.15) is 0 Å². The van der Waals surface area contributed by atoms with Crippen molar-refractivity contribution in [3.05, 3.63) is 29.5 Å². The van der Waals surface area contributed by atoms with Crippen LogP contribution in [-0.2, 0) is 4.79 Å². The van der Waals surface area contributed by atoms with E-state index in [-0.39, 0.29) is 12.3 Å². The number of nitrogens with zero attached hydrogens (tertiary/aromatic N) is 1. The Morgan fingerprint density at radius 2 is 2.40 bits per heavy atom. The van der Waals surface area contributed by atoms with Crippen molar-refractivity contribution >= 4 is 12.0 Å². The maximum atomic E-state index is 10.5. The molecule has 0 fully saturated rings. The van der Waals surface area contributed by atoms with Crippen molar-refractivity contribution < 1.29 is 9.53 Å². The van der Waals surface area contributed by atoms with Crippen LogP contribution in [0.15, 0.2) is 18.3 Å². The van der Waals surface area contributed by atoms with E-state index in [2.05, 4.69) is 4.98 Å². The van der Waals surface area contributed by atoms with E-state index in [1.54, 1.807) is 19.4 Å². The summed E-state index contributed by atoms with van der Waals surface area (Å²) in [5.41, 5.74) is 6.89. The summed E-state index contributed by atoms with van der Waals surface area (Å²) < 4.78 is 5.03. The Bertz CT molecular complexity index is 386. The molecular formula is C11H14N2O2. The molecule has 0 aliphatic heterocycles. The summed E-state index contributed by atoms with van der Waals surface area (Å²) in [4.78, 5) is 14.6. The van der Waals surface area contributed by atoms with Crippen molar-refractivity contribution in [1.82, 2.24) is 4.98 Å². The number of methoxy groups -OCH3 is 1. The van der Waals surface area contributed by atoms with Crippen molar-refractivity contribution in [1.29, 1.82) is 0 Å². The van der Waals surface area contributed by atoms with Crippen molar-refractivity contribution in [2.45, 2.75) is 13.3 Å². The van der Waals surface area contributed by atoms with Crippen LogP contribution in [0.3, 0.4) is 0 Å². The summed E-state index contributed by atoms with van der Waals surface area (Å²) in [7, 11) is 1.58. The first-order valence-electron chi connectivity index (χ1n) is 4.59. The monoisotopic (exact) mass is 206 g/mol. The molecule has 4 heteroatoms. The Labute approximate surface area is 88.8 Å². The number of hydrogen-bond donors (Lipinski definition) is 1. The quantitative estimate of drug-likeness (QED) is 0.807. The highest BCUT2D eigenvalue weighted by Crippen LogP contribution is 2.15. The van der Waals surface area contributed by atoms with Crippen LogP contribution < -0.4 is 10.5 Å². The van der Waals surface area contributed by atoms with Crippen molar-refractivity contribution in [3.63, 3.8) is 0 Å². The second-order valence-electron chi connectivity index (χ2n) is 3.17. The molecule has 1 amide bonds. The van der Waals surface area contributed by atoms with Gasteiger partial charge in [0.05, 0.1) is 7.11 Å². The number of carbonyl (C=O) groups is 1. The summed E-state index contributed by atoms with van der Waals surface area (Å²) in [6.45, 7) is 1.91. The fraction of sp³-hybridized carbons (Fsp3) is 0.273. The van der Waals surface area contributed by atoms with Gasteiger partial charge >= 0.3 is 0 Å². The highest BCUT2D eigenvalue weighted by Gasteiger charge is 1.98. The summed E-state index contributed by atoms with van der Waals surface area (Å²) in [6.07, 6.45) is 5.45. The minimum atomic E-state index is -0.343. The number of hydrogen-bond acceptors (Lipinski definition) is 3. The van der Waals surface area contributed by atoms with Crippen LogP contribution in [0.4, 0.5) is 0 Å². The highest BCUT2D eigenvalue weighted by atomic mass is 16.5. The fourth-order valence-electron chi connectivity index (χ4n) is 1.20. The number of nitrogens with two attached hydrogens (primary N) is 1. The molecule has 4 nitrogen and oxygen atoms in total. The summed E-state index contributed by atoms with van der Waals surface area (Å²) in [5.74, 6) is 0.270. The Morgan fingerprint density at radius 3 is 2.93 bits per heavy atom. The molecule has 1 heterocycles. The van der Waals surface area contributed by atoms with Crippen LogP contribution in [0.25, 0.3) is 6.08 Å². The summed E-state index contributed by atoms with van der Waals surface area (Å²) in [5, 5.41) is 0. The van der Waals surface area contributed by atoms with Gasteiger partial charge in [-0.15, -0.1) is 0 Å². The molecule has 1 aromatic rings. The van der Waals surface area contributed by atoms with Gasteiger partial charge in [-0.2, -0.15) is 0 Å². The minimum Gasteiger partial charge on any atom is -0.481 e. The van der Waals surface area contributed by atoms with E-state index in [0.29, 0.717) is 5.88 Å². The van der Waals surface area contributed by atoms with E-state index >= 15 is 0 Å². The number of ether oxygens (including phenoxy) is 1. The fourth-order valence-corrected chi connectivity index (χ4v) is 1.20. The first-order valence-corrected chi connectivity index (χ1v) is 4.59. The number of amides is 1. The largest absolute Gasteiger partial charge is 0.481 e. The smallest absolute Gasteiger partial charge is 0.221 e. The van der Waals surface area contributed by atoms with Crippen LogP contribution in [-0.4, -0.2) is 18.0 Å². The molecule has 0 saturated heterocycles. The average Bonchev–Trinajstić information content (AvgIpc) is 2.17. The zero-order valence-corrected chi connectivity index (χ0v) is 8.86. The Balaban J connectivity index is 2.75. The zero-order valence-electron chi connectivity index (χ0n) is 8.86. The normalized spacial score (nSPS) is 10.5. The lowest BCUT2D eigenvalue weighted by atomic mass is 10.2. The third-order valence-corrected chi connectivity index (χ3v) is 1.87. The average molecular weight is 206 g/mol. The van der Waals surface area contributed by atoms with Crippen LogP contribution in [0.2, 0.25) is 0 Å². The highest BCUT2D eigenvalue weighted by molar-refractivity contribution is 5.76. The lowest BCUT2D eigenvalue weighted by Crippen LogP contribution is -2.07. The first-order chi connectivity index (χ1) is 7.13. The standard InChI is InChI=1S/C11H14N2O2/c1-8-6-9(4-3-5-10(12)14)7-13-11(8)15-2/h3-4,6-7H,5H2,1-2H3,(H2,12,14). The third kappa shape index (κ3) is 3.42. The summed E-state index contributed by atoms with van der Waals surface area (Å²) >= 11 is 0. The zero-order chi connectivity index (χ0) is 11.3. The molecule has 15 heavy (non-hydrogen) atoms. The Kier molecular flexibility index (Phi) is 3.85. The predicted molar refractivity (Wildman–Crippen MR) is 58.4 cm³/mol. The van der Waals surface area contributed by atoms with Gasteiger partial charge in [0, 0.05) is 18.2 Å². The number of primary amides is 1. The number of carbonyl (C=O) groups excluding carboxylic acids is 1. The molecule has 0 aliphatic carbocycles. The SMILES string of the molecule is COc1ncc(C=CCC(N)=O)cc1C. The van der Waals surface area contributed by atoms with E-state index in [1.807, 2.05) is 19.1 Å². The van der Waals surface area contributed by atoms with E-state index in [1.165, 1.54) is 0 Å². The van der Waals surface area contributed by atoms with Gasteiger partial charge in [-0.05, 0) is 18.6 Å². The molecule has 1 aromatic heterocycles. The lowest BCUT2D eigenvalue weighted by Gasteiger charge is -2.02. The van der Waals surface area contributed by atoms with Crippen LogP contribution in [0, 0.1) is 6.92 Å². The molecule has 0 spiro atoms. The number of aromatic nitrogens is 1. The Morgan fingerprint density at radius 1 is 1.67 bits per heavy atom. The molecule has 0 aliphatic rings. The predicted octanol–water partition coefficient (Wildman–Crippen LogP) is 1.29. The van der Waals surface area contributed by atoms with Gasteiger partial charge in [0.15, 0.2) is 0 Å². The van der Waals surface area contributed by atoms with Crippen LogP contribution in [0.5, 0.6) is 5.88 Å². The second kappa shape index (κ2) is 5.14. The Hall–Kier alpha value is -1.84. The lowest BCUT2D eigenvalue weighted by molar-refractivity contribution is -0.117. The molecule has 0 bridgehead atoms. The van der Waals surface area contributed by atoms with E-state index in [4.69, 9.17) is 10.5 Å². The number of rotatable bonds is 4. The van der Waals surface area contributed by atoms with Gasteiger partial charge < -0.3 is 10.5 Å². The topological polar surface area (TPSA) is 65.2 Å². The molecule has 80 valence electrons. The van der Waals surface area contributed by atoms with Gasteiger partial charge in [0.25, 0.3) is 0 Å². The van der Waals surface area contributed by atoms with Crippen molar-refractivity contribution in [3.8, 4) is 5.88 Å². The van der Waals surface area contributed by atoms with Gasteiger partial charge in [0.2, 0.25) is 11.8 Å². The van der Waals surface area contributed by atoms with Gasteiger partial charge in [-0.1, -0.05) is 12.2 Å².